The molecule has 0 unspecified atom stereocenters. The van der Waals surface area contributed by atoms with Crippen LogP contribution in [0.3, 0.4) is 0 Å². The summed E-state index contributed by atoms with van der Waals surface area (Å²) in [7, 11) is 0. The van der Waals surface area contributed by atoms with Crippen molar-refractivity contribution in [1.29, 1.82) is 0 Å². The molecule has 8 heteroatoms. The number of hydrogen-bond acceptors (Lipinski definition) is 2. The molecule has 2 amide bonds. The zero-order valence-corrected chi connectivity index (χ0v) is 10.6. The van der Waals surface area contributed by atoms with Crippen molar-refractivity contribution in [1.82, 2.24) is 4.90 Å². The van der Waals surface area contributed by atoms with E-state index in [-0.39, 0.29) is 19.5 Å². The molecule has 0 aliphatic rings. The van der Waals surface area contributed by atoms with Gasteiger partial charge >= 0.3 is 12.0 Å². The Hall–Kier alpha value is -2.25. The van der Waals surface area contributed by atoms with Gasteiger partial charge in [0.1, 0.15) is 5.82 Å². The summed E-state index contributed by atoms with van der Waals surface area (Å²) in [5.74, 6) is -4.86. The van der Waals surface area contributed by atoms with E-state index in [4.69, 9.17) is 5.11 Å². The van der Waals surface area contributed by atoms with E-state index in [0.29, 0.717) is 12.1 Å². The molecule has 2 N–H and O–H groups in total. The van der Waals surface area contributed by atoms with Crippen molar-refractivity contribution in [3.8, 4) is 0 Å². The quantitative estimate of drug-likeness (QED) is 0.818. The number of carbonyl (C=O) groups excluding carboxylic acids is 1. The van der Waals surface area contributed by atoms with Gasteiger partial charge in [0.25, 0.3) is 0 Å². The second kappa shape index (κ2) is 6.78. The summed E-state index contributed by atoms with van der Waals surface area (Å²) >= 11 is 0. The minimum Gasteiger partial charge on any atom is -0.481 e. The lowest BCUT2D eigenvalue weighted by Crippen LogP contribution is -2.36. The smallest absolute Gasteiger partial charge is 0.321 e. The number of carboxylic acids is 1. The third-order valence-corrected chi connectivity index (χ3v) is 2.52. The second-order valence-electron chi connectivity index (χ2n) is 3.90. The average molecular weight is 290 g/mol. The first-order valence-electron chi connectivity index (χ1n) is 5.77. The van der Waals surface area contributed by atoms with Crippen LogP contribution in [-0.4, -0.2) is 35.1 Å². The minimum absolute atomic E-state index is 0.0804. The summed E-state index contributed by atoms with van der Waals surface area (Å²) in [4.78, 5) is 23.3. The molecule has 0 aliphatic carbocycles. The highest BCUT2D eigenvalue weighted by atomic mass is 19.2. The molecule has 1 rings (SSSR count). The van der Waals surface area contributed by atoms with E-state index >= 15 is 0 Å². The number of hydrogen-bond donors (Lipinski definition) is 2. The predicted octanol–water partition coefficient (Wildman–Crippen LogP) is 2.43. The lowest BCUT2D eigenvalue weighted by molar-refractivity contribution is -0.137. The number of urea groups is 1. The van der Waals surface area contributed by atoms with Crippen molar-refractivity contribution in [3.63, 3.8) is 0 Å². The summed E-state index contributed by atoms with van der Waals surface area (Å²) in [6.45, 7) is 1.70. The number of carbonyl (C=O) groups is 2. The molecule has 0 radical (unpaired) electrons. The number of halogens is 3. The number of nitrogens with zero attached hydrogens (tertiary/aromatic N) is 1. The molecule has 0 spiro atoms. The molecule has 0 saturated heterocycles. The van der Waals surface area contributed by atoms with Crippen molar-refractivity contribution < 1.29 is 27.9 Å². The lowest BCUT2D eigenvalue weighted by atomic mass is 10.3. The molecule has 1 aromatic carbocycles. The zero-order chi connectivity index (χ0) is 15.3. The van der Waals surface area contributed by atoms with Gasteiger partial charge in [-0.05, 0) is 6.92 Å². The van der Waals surface area contributed by atoms with Crippen molar-refractivity contribution in [3.05, 3.63) is 29.6 Å². The first kappa shape index (κ1) is 15.8. The molecular weight excluding hydrogens is 277 g/mol. The predicted molar refractivity (Wildman–Crippen MR) is 64.8 cm³/mol. The van der Waals surface area contributed by atoms with E-state index in [1.165, 1.54) is 0 Å². The monoisotopic (exact) mass is 290 g/mol. The number of nitrogens with one attached hydrogen (secondary N) is 1. The van der Waals surface area contributed by atoms with Gasteiger partial charge in [-0.15, -0.1) is 0 Å². The van der Waals surface area contributed by atoms with Crippen LogP contribution in [0.5, 0.6) is 0 Å². The van der Waals surface area contributed by atoms with Crippen LogP contribution in [0.1, 0.15) is 13.3 Å². The van der Waals surface area contributed by atoms with Gasteiger partial charge in [-0.1, -0.05) is 0 Å². The first-order chi connectivity index (χ1) is 9.35. The van der Waals surface area contributed by atoms with Gasteiger partial charge in [0, 0.05) is 25.2 Å². The third-order valence-electron chi connectivity index (χ3n) is 2.52. The SMILES string of the molecule is CCN(CCC(=O)O)C(=O)Nc1cc(F)c(F)cc1F. The zero-order valence-electron chi connectivity index (χ0n) is 10.6. The Morgan fingerprint density at radius 1 is 1.20 bits per heavy atom. The molecular formula is C12H13F3N2O3. The highest BCUT2D eigenvalue weighted by Crippen LogP contribution is 2.18. The number of amides is 2. The Labute approximate surface area is 113 Å². The van der Waals surface area contributed by atoms with Gasteiger partial charge in [-0.25, -0.2) is 18.0 Å². The van der Waals surface area contributed by atoms with Crippen LogP contribution in [-0.2, 0) is 4.79 Å². The normalized spacial score (nSPS) is 10.2. The van der Waals surface area contributed by atoms with E-state index in [9.17, 15) is 22.8 Å². The largest absolute Gasteiger partial charge is 0.481 e. The summed E-state index contributed by atoms with van der Waals surface area (Å²) in [6, 6.07) is 0.0465. The number of benzene rings is 1. The third kappa shape index (κ3) is 4.15. The van der Waals surface area contributed by atoms with Crippen molar-refractivity contribution in [2.75, 3.05) is 18.4 Å². The van der Waals surface area contributed by atoms with Gasteiger partial charge in [0.05, 0.1) is 12.1 Å². The Bertz CT molecular complexity index is 523. The number of aliphatic carboxylic acids is 1. The molecule has 0 bridgehead atoms. The molecule has 0 saturated carbocycles. The topological polar surface area (TPSA) is 69.6 Å². The molecule has 0 aromatic heterocycles. The molecule has 0 atom stereocenters. The van der Waals surface area contributed by atoms with E-state index < -0.39 is 35.1 Å². The average Bonchev–Trinajstić information content (AvgIpc) is 2.36. The molecule has 1 aromatic rings. The van der Waals surface area contributed by atoms with Crippen LogP contribution in [0.2, 0.25) is 0 Å². The van der Waals surface area contributed by atoms with Crippen LogP contribution < -0.4 is 5.32 Å². The van der Waals surface area contributed by atoms with Crippen molar-refractivity contribution in [2.45, 2.75) is 13.3 Å². The molecule has 0 heterocycles. The van der Waals surface area contributed by atoms with E-state index in [1.807, 2.05) is 0 Å². The highest BCUT2D eigenvalue weighted by molar-refractivity contribution is 5.89. The van der Waals surface area contributed by atoms with E-state index in [0.717, 1.165) is 4.90 Å². The van der Waals surface area contributed by atoms with Gasteiger partial charge < -0.3 is 15.3 Å². The Balaban J connectivity index is 2.78. The Kier molecular flexibility index (Phi) is 5.36. The van der Waals surface area contributed by atoms with Gasteiger partial charge in [0.15, 0.2) is 11.6 Å². The van der Waals surface area contributed by atoms with Gasteiger partial charge in [-0.3, -0.25) is 4.79 Å². The molecule has 0 fully saturated rings. The maximum absolute atomic E-state index is 13.3. The van der Waals surface area contributed by atoms with Crippen LogP contribution in [0, 0.1) is 17.5 Å². The van der Waals surface area contributed by atoms with Crippen LogP contribution in [0.25, 0.3) is 0 Å². The highest BCUT2D eigenvalue weighted by Gasteiger charge is 2.16. The maximum atomic E-state index is 13.3. The molecule has 110 valence electrons. The minimum atomic E-state index is -1.36. The number of rotatable bonds is 5. The molecule has 20 heavy (non-hydrogen) atoms. The maximum Gasteiger partial charge on any atom is 0.321 e. The van der Waals surface area contributed by atoms with Gasteiger partial charge in [-0.2, -0.15) is 0 Å². The van der Waals surface area contributed by atoms with E-state index in [1.54, 1.807) is 6.92 Å². The summed E-state index contributed by atoms with van der Waals surface area (Å²) < 4.78 is 39.0. The fourth-order valence-corrected chi connectivity index (χ4v) is 1.45. The summed E-state index contributed by atoms with van der Waals surface area (Å²) in [5, 5.41) is 10.6. The van der Waals surface area contributed by atoms with Crippen molar-refractivity contribution >= 4 is 17.7 Å². The van der Waals surface area contributed by atoms with Crippen molar-refractivity contribution in [2.24, 2.45) is 0 Å². The van der Waals surface area contributed by atoms with Gasteiger partial charge in [0.2, 0.25) is 0 Å². The Morgan fingerprint density at radius 2 is 1.80 bits per heavy atom. The first-order valence-corrected chi connectivity index (χ1v) is 5.77. The van der Waals surface area contributed by atoms with Crippen LogP contribution in [0.15, 0.2) is 12.1 Å². The van der Waals surface area contributed by atoms with E-state index in [2.05, 4.69) is 5.32 Å². The molecule has 5 nitrogen and oxygen atoms in total. The fourth-order valence-electron chi connectivity index (χ4n) is 1.45. The van der Waals surface area contributed by atoms with Crippen LogP contribution in [0.4, 0.5) is 23.7 Å². The number of anilines is 1. The molecule has 0 aliphatic heterocycles. The summed E-state index contributed by atoms with van der Waals surface area (Å²) in [6.07, 6.45) is -0.276. The Morgan fingerprint density at radius 3 is 2.35 bits per heavy atom. The number of carboxylic acid groups (broad SMARTS) is 1. The second-order valence-corrected chi connectivity index (χ2v) is 3.90. The van der Waals surface area contributed by atoms with Crippen LogP contribution >= 0.6 is 0 Å². The fraction of sp³-hybridized carbons (Fsp3) is 0.333. The lowest BCUT2D eigenvalue weighted by Gasteiger charge is -2.20. The standard InChI is InChI=1S/C12H13F3N2O3/c1-2-17(4-3-11(18)19)12(20)16-10-6-8(14)7(13)5-9(10)15/h5-6H,2-4H2,1H3,(H,16,20)(H,18,19). The summed E-state index contributed by atoms with van der Waals surface area (Å²) in [5.41, 5.74) is -0.511.